The Bertz CT molecular complexity index is 1250. The number of rotatable bonds is 62. The smallest absolute Gasteiger partial charge is 0.306 e. The van der Waals surface area contributed by atoms with Crippen molar-refractivity contribution in [2.45, 2.75) is 374 Å². The van der Waals surface area contributed by atoms with Crippen molar-refractivity contribution < 1.29 is 28.6 Å². The van der Waals surface area contributed by atoms with Crippen molar-refractivity contribution in [3.05, 3.63) is 36.5 Å². The molecule has 0 heterocycles. The summed E-state index contributed by atoms with van der Waals surface area (Å²) < 4.78 is 16.9. The van der Waals surface area contributed by atoms with Gasteiger partial charge in [-0.25, -0.2) is 0 Å². The lowest BCUT2D eigenvalue weighted by Gasteiger charge is -2.18. The topological polar surface area (TPSA) is 78.9 Å². The summed E-state index contributed by atoms with van der Waals surface area (Å²) in [6.45, 7) is 6.67. The Morgan fingerprint density at radius 2 is 0.480 bits per heavy atom. The van der Waals surface area contributed by atoms with E-state index in [0.29, 0.717) is 19.3 Å². The summed E-state index contributed by atoms with van der Waals surface area (Å²) in [5.41, 5.74) is 0. The van der Waals surface area contributed by atoms with Gasteiger partial charge < -0.3 is 14.2 Å². The first-order chi connectivity index (χ1) is 37.0. The van der Waals surface area contributed by atoms with Crippen LogP contribution in [0.5, 0.6) is 0 Å². The third-order valence-electron chi connectivity index (χ3n) is 15.1. The summed E-state index contributed by atoms with van der Waals surface area (Å²) in [6.07, 6.45) is 78.9. The Morgan fingerprint density at radius 3 is 0.747 bits per heavy atom. The van der Waals surface area contributed by atoms with Gasteiger partial charge in [0.2, 0.25) is 0 Å². The fourth-order valence-corrected chi connectivity index (χ4v) is 10.1. The predicted octanol–water partition coefficient (Wildman–Crippen LogP) is 22.8. The van der Waals surface area contributed by atoms with Crippen LogP contribution in [0.3, 0.4) is 0 Å². The van der Waals surface area contributed by atoms with Crippen molar-refractivity contribution in [1.29, 1.82) is 0 Å². The molecule has 0 fully saturated rings. The Balaban J connectivity index is 4.07. The zero-order valence-electron chi connectivity index (χ0n) is 50.6. The van der Waals surface area contributed by atoms with Crippen LogP contribution < -0.4 is 0 Å². The minimum Gasteiger partial charge on any atom is -0.462 e. The SMILES string of the molecule is CCCCCCC/C=C\C/C=C\C/C=C\CCCCCCCCCCCCCCCCCCC(=O)OCC(COC(=O)CCCCCCCCCCC)OC(=O)CCCCCCCCCCCCCCCCCCC. The Morgan fingerprint density at radius 1 is 0.267 bits per heavy atom. The molecule has 0 aliphatic carbocycles. The number of unbranched alkanes of at least 4 members (excludes halogenated alkanes) is 45. The molecule has 0 saturated carbocycles. The van der Waals surface area contributed by atoms with E-state index < -0.39 is 6.10 Å². The van der Waals surface area contributed by atoms with E-state index >= 15 is 0 Å². The van der Waals surface area contributed by atoms with Gasteiger partial charge in [0, 0.05) is 19.3 Å². The minimum absolute atomic E-state index is 0.0656. The van der Waals surface area contributed by atoms with E-state index in [2.05, 4.69) is 57.2 Å². The number of hydrogen-bond acceptors (Lipinski definition) is 6. The number of carbonyl (C=O) groups is 3. The van der Waals surface area contributed by atoms with Crippen LogP contribution >= 0.6 is 0 Å². The van der Waals surface area contributed by atoms with Gasteiger partial charge in [0.15, 0.2) is 6.10 Å². The average Bonchev–Trinajstić information content (AvgIpc) is 3.41. The summed E-state index contributed by atoms with van der Waals surface area (Å²) in [6, 6.07) is 0. The van der Waals surface area contributed by atoms with Crippen molar-refractivity contribution in [3.63, 3.8) is 0 Å². The molecular formula is C69H128O6. The molecule has 0 aliphatic rings. The second-order valence-corrected chi connectivity index (χ2v) is 22.7. The molecule has 0 radical (unpaired) electrons. The third-order valence-corrected chi connectivity index (χ3v) is 15.1. The van der Waals surface area contributed by atoms with E-state index in [9.17, 15) is 14.4 Å². The molecule has 0 amide bonds. The summed E-state index contributed by atoms with van der Waals surface area (Å²) in [5.74, 6) is -0.843. The molecule has 0 aromatic heterocycles. The summed E-state index contributed by atoms with van der Waals surface area (Å²) >= 11 is 0. The third kappa shape index (κ3) is 62.4. The van der Waals surface area contributed by atoms with Gasteiger partial charge in [-0.3, -0.25) is 14.4 Å². The number of hydrogen-bond donors (Lipinski definition) is 0. The lowest BCUT2D eigenvalue weighted by Crippen LogP contribution is -2.30. The van der Waals surface area contributed by atoms with E-state index in [1.54, 1.807) is 0 Å². The molecule has 0 aromatic rings. The number of ether oxygens (including phenoxy) is 3. The summed E-state index contributed by atoms with van der Waals surface area (Å²) in [4.78, 5) is 38.2. The van der Waals surface area contributed by atoms with Gasteiger partial charge in [-0.1, -0.05) is 327 Å². The van der Waals surface area contributed by atoms with Gasteiger partial charge in [-0.15, -0.1) is 0 Å². The molecule has 0 spiro atoms. The molecule has 0 aliphatic heterocycles. The highest BCUT2D eigenvalue weighted by atomic mass is 16.6. The van der Waals surface area contributed by atoms with Crippen LogP contribution in [0.2, 0.25) is 0 Å². The van der Waals surface area contributed by atoms with E-state index in [1.165, 1.54) is 257 Å². The Hall–Kier alpha value is -2.37. The van der Waals surface area contributed by atoms with E-state index in [4.69, 9.17) is 14.2 Å². The van der Waals surface area contributed by atoms with Crippen LogP contribution in [-0.2, 0) is 28.6 Å². The standard InChI is InChI=1S/C69H128O6/c1-4-7-10-13-16-19-21-23-25-27-28-29-30-31-32-33-34-35-36-37-38-39-40-42-43-45-47-50-53-56-59-62-68(71)74-65-66(64-73-67(70)61-58-55-52-49-18-15-12-9-6-3)75-69(72)63-60-57-54-51-48-46-44-41-26-24-22-20-17-14-11-8-5-2/h21,23,27-28,30-31,66H,4-20,22,24-26,29,32-65H2,1-3H3/b23-21-,28-27-,31-30-. The zero-order chi connectivity index (χ0) is 54.3. The van der Waals surface area contributed by atoms with Crippen LogP contribution in [0, 0.1) is 0 Å². The van der Waals surface area contributed by atoms with Gasteiger partial charge in [0.25, 0.3) is 0 Å². The average molecular weight is 1050 g/mol. The Labute approximate surface area is 467 Å². The molecule has 0 aromatic carbocycles. The summed E-state index contributed by atoms with van der Waals surface area (Å²) in [5, 5.41) is 0. The molecule has 0 bridgehead atoms. The molecule has 6 nitrogen and oxygen atoms in total. The number of allylic oxidation sites excluding steroid dienone is 6. The van der Waals surface area contributed by atoms with Crippen molar-refractivity contribution in [1.82, 2.24) is 0 Å². The maximum atomic E-state index is 12.9. The van der Waals surface area contributed by atoms with Crippen LogP contribution in [0.1, 0.15) is 367 Å². The van der Waals surface area contributed by atoms with Crippen LogP contribution in [0.25, 0.3) is 0 Å². The lowest BCUT2D eigenvalue weighted by atomic mass is 10.0. The minimum atomic E-state index is -0.766. The van der Waals surface area contributed by atoms with Crippen LogP contribution in [0.4, 0.5) is 0 Å². The fraction of sp³-hybridized carbons (Fsp3) is 0.870. The van der Waals surface area contributed by atoms with Crippen molar-refractivity contribution in [2.75, 3.05) is 13.2 Å². The van der Waals surface area contributed by atoms with Crippen LogP contribution in [-0.4, -0.2) is 37.2 Å². The zero-order valence-corrected chi connectivity index (χ0v) is 50.6. The van der Waals surface area contributed by atoms with Gasteiger partial charge in [0.1, 0.15) is 13.2 Å². The molecule has 1 atom stereocenters. The quantitative estimate of drug-likeness (QED) is 0.0261. The molecule has 6 heteroatoms. The van der Waals surface area contributed by atoms with Crippen molar-refractivity contribution in [2.24, 2.45) is 0 Å². The van der Waals surface area contributed by atoms with Crippen molar-refractivity contribution in [3.8, 4) is 0 Å². The van der Waals surface area contributed by atoms with Crippen LogP contribution in [0.15, 0.2) is 36.5 Å². The highest BCUT2D eigenvalue weighted by Crippen LogP contribution is 2.18. The predicted molar refractivity (Wildman–Crippen MR) is 326 cm³/mol. The first-order valence-electron chi connectivity index (χ1n) is 33.5. The highest BCUT2D eigenvalue weighted by Gasteiger charge is 2.19. The largest absolute Gasteiger partial charge is 0.462 e. The van der Waals surface area contributed by atoms with E-state index in [0.717, 1.165) is 70.6 Å². The maximum Gasteiger partial charge on any atom is 0.306 e. The number of esters is 3. The van der Waals surface area contributed by atoms with E-state index in [-0.39, 0.29) is 31.1 Å². The van der Waals surface area contributed by atoms with Gasteiger partial charge in [0.05, 0.1) is 0 Å². The second-order valence-electron chi connectivity index (χ2n) is 22.7. The first kappa shape index (κ1) is 72.6. The fourth-order valence-electron chi connectivity index (χ4n) is 10.1. The summed E-state index contributed by atoms with van der Waals surface area (Å²) in [7, 11) is 0. The first-order valence-corrected chi connectivity index (χ1v) is 33.5. The monoisotopic (exact) mass is 1050 g/mol. The molecule has 0 rings (SSSR count). The van der Waals surface area contributed by atoms with Crippen molar-refractivity contribution >= 4 is 17.9 Å². The van der Waals surface area contributed by atoms with Gasteiger partial charge in [-0.05, 0) is 57.8 Å². The maximum absolute atomic E-state index is 12.9. The molecule has 440 valence electrons. The molecule has 0 saturated heterocycles. The number of carbonyl (C=O) groups excluding carboxylic acids is 3. The normalized spacial score (nSPS) is 12.2. The van der Waals surface area contributed by atoms with Gasteiger partial charge >= 0.3 is 17.9 Å². The molecular weight excluding hydrogens is 925 g/mol. The Kier molecular flexibility index (Phi) is 62.1. The van der Waals surface area contributed by atoms with Gasteiger partial charge in [-0.2, -0.15) is 0 Å². The molecule has 1 unspecified atom stereocenters. The molecule has 75 heavy (non-hydrogen) atoms. The highest BCUT2D eigenvalue weighted by molar-refractivity contribution is 5.71. The van der Waals surface area contributed by atoms with E-state index in [1.807, 2.05) is 0 Å². The second kappa shape index (κ2) is 64.2. The molecule has 0 N–H and O–H groups in total. The lowest BCUT2D eigenvalue weighted by molar-refractivity contribution is -0.167.